The summed E-state index contributed by atoms with van der Waals surface area (Å²) in [6.07, 6.45) is 5.16. The van der Waals surface area contributed by atoms with Crippen molar-refractivity contribution in [2.75, 3.05) is 0 Å². The summed E-state index contributed by atoms with van der Waals surface area (Å²) in [5.41, 5.74) is -0.351. The highest BCUT2D eigenvalue weighted by atomic mass is 16.5. The van der Waals surface area contributed by atoms with E-state index in [4.69, 9.17) is 4.52 Å². The molecule has 1 aliphatic carbocycles. The van der Waals surface area contributed by atoms with Crippen LogP contribution in [-0.4, -0.2) is 19.3 Å². The van der Waals surface area contributed by atoms with Gasteiger partial charge in [-0.3, -0.25) is 19.2 Å². The molecule has 0 bridgehead atoms. The van der Waals surface area contributed by atoms with Crippen LogP contribution in [-0.2, 0) is 26.2 Å². The van der Waals surface area contributed by atoms with Gasteiger partial charge in [0, 0.05) is 39.3 Å². The fraction of sp³-hybridized carbons (Fsp3) is 0.625. The maximum absolute atomic E-state index is 12.1. The number of nitrogens with one attached hydrogen (secondary N) is 1. The summed E-state index contributed by atoms with van der Waals surface area (Å²) in [7, 11) is 3.15. The van der Waals surface area contributed by atoms with Crippen molar-refractivity contribution < 1.29 is 4.52 Å². The molecule has 0 unspecified atom stereocenters. The van der Waals surface area contributed by atoms with Crippen LogP contribution in [0, 0.1) is 6.92 Å². The van der Waals surface area contributed by atoms with Crippen molar-refractivity contribution in [1.29, 1.82) is 0 Å². The summed E-state index contributed by atoms with van der Waals surface area (Å²) in [6.45, 7) is 2.17. The highest BCUT2D eigenvalue weighted by Crippen LogP contribution is 2.35. The van der Waals surface area contributed by atoms with Gasteiger partial charge >= 0.3 is 5.69 Å². The lowest BCUT2D eigenvalue weighted by atomic mass is 9.81. The molecule has 130 valence electrons. The zero-order valence-electron chi connectivity index (χ0n) is 14.3. The van der Waals surface area contributed by atoms with Crippen molar-refractivity contribution in [1.82, 2.24) is 24.6 Å². The molecule has 1 fully saturated rings. The van der Waals surface area contributed by atoms with E-state index in [1.807, 2.05) is 0 Å². The first kappa shape index (κ1) is 16.6. The molecular formula is C16H23N5O3. The molecule has 2 heterocycles. The standard InChI is InChI=1S/C16H23N5O3/c1-11-18-14(19-24-11)16(7-5-4-6-8-16)17-10-12-9-13(22)21(3)15(23)20(12)2/h9,17H,4-8,10H2,1-3H3. The summed E-state index contributed by atoms with van der Waals surface area (Å²) in [5.74, 6) is 1.20. The highest BCUT2D eigenvalue weighted by molar-refractivity contribution is 5.09. The lowest BCUT2D eigenvalue weighted by Gasteiger charge is -2.35. The van der Waals surface area contributed by atoms with Gasteiger partial charge in [0.1, 0.15) is 0 Å². The molecule has 3 rings (SSSR count). The molecule has 0 radical (unpaired) electrons. The lowest BCUT2D eigenvalue weighted by Crippen LogP contribution is -2.46. The van der Waals surface area contributed by atoms with Crippen molar-refractivity contribution >= 4 is 0 Å². The Balaban J connectivity index is 1.90. The summed E-state index contributed by atoms with van der Waals surface area (Å²) in [4.78, 5) is 28.4. The van der Waals surface area contributed by atoms with E-state index in [1.165, 1.54) is 24.1 Å². The van der Waals surface area contributed by atoms with E-state index in [2.05, 4.69) is 15.5 Å². The van der Waals surface area contributed by atoms with Crippen molar-refractivity contribution in [2.45, 2.75) is 51.1 Å². The Bertz CT molecular complexity index is 842. The Morgan fingerprint density at radius 3 is 2.54 bits per heavy atom. The van der Waals surface area contributed by atoms with Crippen LogP contribution in [0.5, 0.6) is 0 Å². The van der Waals surface area contributed by atoms with Crippen molar-refractivity contribution in [2.24, 2.45) is 14.1 Å². The van der Waals surface area contributed by atoms with E-state index in [9.17, 15) is 9.59 Å². The summed E-state index contributed by atoms with van der Waals surface area (Å²) in [6, 6.07) is 1.49. The summed E-state index contributed by atoms with van der Waals surface area (Å²) >= 11 is 0. The molecule has 2 aromatic heterocycles. The minimum absolute atomic E-state index is 0.303. The number of rotatable bonds is 4. The van der Waals surface area contributed by atoms with E-state index < -0.39 is 0 Å². The fourth-order valence-electron chi connectivity index (χ4n) is 3.34. The van der Waals surface area contributed by atoms with Crippen LogP contribution in [0.1, 0.15) is 49.5 Å². The SMILES string of the molecule is Cc1nc(C2(NCc3cc(=O)n(C)c(=O)n3C)CCCCC2)no1. The molecule has 0 spiro atoms. The Morgan fingerprint density at radius 2 is 1.92 bits per heavy atom. The zero-order valence-corrected chi connectivity index (χ0v) is 14.3. The third-order valence-corrected chi connectivity index (χ3v) is 4.90. The van der Waals surface area contributed by atoms with E-state index in [0.29, 0.717) is 24.0 Å². The Morgan fingerprint density at radius 1 is 1.21 bits per heavy atom. The maximum Gasteiger partial charge on any atom is 0.330 e. The molecule has 8 nitrogen and oxygen atoms in total. The molecule has 8 heteroatoms. The minimum atomic E-state index is -0.368. The van der Waals surface area contributed by atoms with Crippen LogP contribution in [0.15, 0.2) is 20.2 Å². The number of aromatic nitrogens is 4. The van der Waals surface area contributed by atoms with Crippen LogP contribution >= 0.6 is 0 Å². The molecule has 1 aliphatic rings. The fourth-order valence-corrected chi connectivity index (χ4v) is 3.34. The molecule has 0 atom stereocenters. The van der Waals surface area contributed by atoms with Crippen LogP contribution in [0.4, 0.5) is 0 Å². The van der Waals surface area contributed by atoms with Crippen molar-refractivity contribution in [3.63, 3.8) is 0 Å². The molecule has 2 aromatic rings. The minimum Gasteiger partial charge on any atom is -0.340 e. The normalized spacial score (nSPS) is 17.1. The van der Waals surface area contributed by atoms with Gasteiger partial charge in [-0.05, 0) is 12.8 Å². The Hall–Kier alpha value is -2.22. The molecular weight excluding hydrogens is 310 g/mol. The van der Waals surface area contributed by atoms with Gasteiger partial charge in [0.25, 0.3) is 5.56 Å². The second kappa shape index (κ2) is 6.35. The quantitative estimate of drug-likeness (QED) is 0.886. The van der Waals surface area contributed by atoms with Gasteiger partial charge in [0.2, 0.25) is 5.89 Å². The van der Waals surface area contributed by atoms with E-state index in [1.54, 1.807) is 14.0 Å². The Labute approximate surface area is 139 Å². The monoisotopic (exact) mass is 333 g/mol. The van der Waals surface area contributed by atoms with Crippen molar-refractivity contribution in [3.8, 4) is 0 Å². The first-order valence-electron chi connectivity index (χ1n) is 8.25. The predicted octanol–water partition coefficient (Wildman–Crippen LogP) is 0.725. The second-order valence-electron chi connectivity index (χ2n) is 6.51. The highest BCUT2D eigenvalue weighted by Gasteiger charge is 2.37. The van der Waals surface area contributed by atoms with Gasteiger partial charge < -0.3 is 4.52 Å². The van der Waals surface area contributed by atoms with Gasteiger partial charge in [-0.25, -0.2) is 4.79 Å². The van der Waals surface area contributed by atoms with Gasteiger partial charge in [0.15, 0.2) is 5.82 Å². The maximum atomic E-state index is 12.1. The number of hydrogen-bond acceptors (Lipinski definition) is 6. The van der Waals surface area contributed by atoms with Gasteiger partial charge in [0.05, 0.1) is 5.54 Å². The topological polar surface area (TPSA) is 95.0 Å². The first-order valence-corrected chi connectivity index (χ1v) is 8.25. The average Bonchev–Trinajstić information content (AvgIpc) is 3.03. The van der Waals surface area contributed by atoms with Crippen molar-refractivity contribution in [3.05, 3.63) is 44.3 Å². The largest absolute Gasteiger partial charge is 0.340 e. The molecule has 0 saturated heterocycles. The van der Waals surface area contributed by atoms with E-state index >= 15 is 0 Å². The third kappa shape index (κ3) is 2.93. The number of hydrogen-bond donors (Lipinski definition) is 1. The molecule has 1 N–H and O–H groups in total. The molecule has 0 amide bonds. The van der Waals surface area contributed by atoms with Gasteiger partial charge in [-0.15, -0.1) is 0 Å². The van der Waals surface area contributed by atoms with Crippen LogP contribution in [0.2, 0.25) is 0 Å². The first-order chi connectivity index (χ1) is 11.4. The van der Waals surface area contributed by atoms with Crippen LogP contribution in [0.25, 0.3) is 0 Å². The molecule has 0 aliphatic heterocycles. The second-order valence-corrected chi connectivity index (χ2v) is 6.51. The van der Waals surface area contributed by atoms with Gasteiger partial charge in [-0.1, -0.05) is 24.4 Å². The third-order valence-electron chi connectivity index (χ3n) is 4.90. The van der Waals surface area contributed by atoms with Gasteiger partial charge in [-0.2, -0.15) is 4.98 Å². The average molecular weight is 333 g/mol. The molecule has 0 aromatic carbocycles. The summed E-state index contributed by atoms with van der Waals surface area (Å²) in [5, 5.41) is 7.62. The lowest BCUT2D eigenvalue weighted by molar-refractivity contribution is 0.209. The Kier molecular flexibility index (Phi) is 4.40. The molecule has 24 heavy (non-hydrogen) atoms. The zero-order chi connectivity index (χ0) is 17.3. The molecule has 1 saturated carbocycles. The smallest absolute Gasteiger partial charge is 0.330 e. The number of nitrogens with zero attached hydrogens (tertiary/aromatic N) is 4. The van der Waals surface area contributed by atoms with Crippen LogP contribution in [0.3, 0.4) is 0 Å². The summed E-state index contributed by atoms with van der Waals surface area (Å²) < 4.78 is 7.75. The predicted molar refractivity (Wildman–Crippen MR) is 87.6 cm³/mol. The van der Waals surface area contributed by atoms with Crippen LogP contribution < -0.4 is 16.6 Å². The number of aryl methyl sites for hydroxylation is 1. The van der Waals surface area contributed by atoms with E-state index in [-0.39, 0.29) is 16.8 Å². The van der Waals surface area contributed by atoms with E-state index in [0.717, 1.165) is 30.3 Å².